The molecule has 3 fully saturated rings. The van der Waals surface area contributed by atoms with E-state index in [-0.39, 0.29) is 61.7 Å². The third-order valence-electron chi connectivity index (χ3n) is 10.2. The summed E-state index contributed by atoms with van der Waals surface area (Å²) in [6, 6.07) is 0. The molecule has 0 spiro atoms. The number of fused-ring (bicyclic) bond motifs is 3. The van der Waals surface area contributed by atoms with Gasteiger partial charge in [-0.05, 0) is 56.7 Å². The van der Waals surface area contributed by atoms with Crippen molar-refractivity contribution < 1.29 is 33.7 Å². The Balaban J connectivity index is 1.60. The Morgan fingerprint density at radius 1 is 1.31 bits per heavy atom. The Hall–Kier alpha value is -1.91. The third-order valence-corrected chi connectivity index (χ3v) is 10.2. The van der Waals surface area contributed by atoms with Crippen molar-refractivity contribution in [2.24, 2.45) is 28.6 Å². The van der Waals surface area contributed by atoms with Gasteiger partial charge in [-0.3, -0.25) is 14.4 Å². The number of carbonyl (C=O) groups is 3. The predicted octanol–water partition coefficient (Wildman–Crippen LogP) is 2.62. The molecule has 8 atom stereocenters. The van der Waals surface area contributed by atoms with E-state index in [1.807, 2.05) is 13.0 Å². The Labute approximate surface area is 232 Å². The van der Waals surface area contributed by atoms with E-state index < -0.39 is 28.8 Å². The number of Topliss-reactive ketones (excluding diaryl/α,β-unsaturated/α-hetero) is 1. The average Bonchev–Trinajstić information content (AvgIpc) is 3.33. The first-order valence-electron chi connectivity index (χ1n) is 14.3. The number of likely N-dealkylation sites (N-methyl/N-ethyl adjacent to an activating group) is 2. The number of aliphatic hydroxyl groups excluding tert-OH is 1. The standard InChI is InChI=1S/C30H46N2O7/c1-7-8-26-38-17-30(39-26,24(35)16-37-18-32(6)25(36)15-31-5)29(4)14-23(34)27-22(19(29)2)10-9-20-13-21(33)11-12-28(20,27)3/h11-13,19,22-23,26-27,31,34H,7-10,14-18H2,1-6H3. The second-order valence-corrected chi connectivity index (χ2v) is 12.4. The molecule has 3 aliphatic carbocycles. The predicted molar refractivity (Wildman–Crippen MR) is 145 cm³/mol. The van der Waals surface area contributed by atoms with Crippen LogP contribution < -0.4 is 5.32 Å². The number of hydrogen-bond donors (Lipinski definition) is 2. The Morgan fingerprint density at radius 3 is 2.74 bits per heavy atom. The summed E-state index contributed by atoms with van der Waals surface area (Å²) >= 11 is 0. The van der Waals surface area contributed by atoms with Crippen LogP contribution in [0, 0.1) is 28.6 Å². The summed E-state index contributed by atoms with van der Waals surface area (Å²) < 4.78 is 18.4. The summed E-state index contributed by atoms with van der Waals surface area (Å²) in [6.07, 6.45) is 7.67. The van der Waals surface area contributed by atoms with Crippen LogP contribution in [0.1, 0.15) is 59.8 Å². The minimum Gasteiger partial charge on any atom is -0.393 e. The second-order valence-electron chi connectivity index (χ2n) is 12.4. The molecule has 0 aromatic heterocycles. The molecule has 0 bridgehead atoms. The molecule has 1 heterocycles. The van der Waals surface area contributed by atoms with Crippen molar-refractivity contribution >= 4 is 17.5 Å². The van der Waals surface area contributed by atoms with Crippen molar-refractivity contribution in [1.29, 1.82) is 0 Å². The molecule has 4 aliphatic rings. The average molecular weight is 547 g/mol. The number of allylic oxidation sites excluding steroid dienone is 4. The highest BCUT2D eigenvalue weighted by atomic mass is 16.7. The lowest BCUT2D eigenvalue weighted by molar-refractivity contribution is -0.209. The van der Waals surface area contributed by atoms with Crippen LogP contribution in [-0.4, -0.2) is 86.1 Å². The maximum Gasteiger partial charge on any atom is 0.238 e. The maximum atomic E-state index is 14.1. The van der Waals surface area contributed by atoms with Gasteiger partial charge in [0.05, 0.1) is 19.3 Å². The number of carbonyl (C=O) groups excluding carboxylic acids is 3. The first kappa shape index (κ1) is 30.1. The smallest absolute Gasteiger partial charge is 0.238 e. The molecular weight excluding hydrogens is 500 g/mol. The van der Waals surface area contributed by atoms with Gasteiger partial charge in [-0.25, -0.2) is 0 Å². The van der Waals surface area contributed by atoms with E-state index in [1.165, 1.54) is 4.90 Å². The lowest BCUT2D eigenvalue weighted by Gasteiger charge is -2.61. The van der Waals surface area contributed by atoms with Crippen LogP contribution in [0.5, 0.6) is 0 Å². The molecule has 4 rings (SSSR count). The Bertz CT molecular complexity index is 1030. The van der Waals surface area contributed by atoms with E-state index >= 15 is 0 Å². The fourth-order valence-corrected chi connectivity index (χ4v) is 7.74. The van der Waals surface area contributed by atoms with E-state index in [9.17, 15) is 19.5 Å². The summed E-state index contributed by atoms with van der Waals surface area (Å²) in [6.45, 7) is 8.47. The van der Waals surface area contributed by atoms with Crippen LogP contribution in [0.25, 0.3) is 0 Å². The van der Waals surface area contributed by atoms with E-state index in [4.69, 9.17) is 14.2 Å². The van der Waals surface area contributed by atoms with Gasteiger partial charge in [-0.2, -0.15) is 0 Å². The lowest BCUT2D eigenvalue weighted by atomic mass is 9.44. The van der Waals surface area contributed by atoms with Crippen LogP contribution in [0.2, 0.25) is 0 Å². The summed E-state index contributed by atoms with van der Waals surface area (Å²) in [5.74, 6) is -0.255. The molecule has 0 aromatic rings. The zero-order valence-corrected chi connectivity index (χ0v) is 24.3. The van der Waals surface area contributed by atoms with Gasteiger partial charge < -0.3 is 29.5 Å². The van der Waals surface area contributed by atoms with E-state index in [0.717, 1.165) is 24.8 Å². The molecule has 218 valence electrons. The topological polar surface area (TPSA) is 114 Å². The van der Waals surface area contributed by atoms with Crippen LogP contribution in [0.4, 0.5) is 0 Å². The van der Waals surface area contributed by atoms with Crippen LogP contribution in [0.15, 0.2) is 23.8 Å². The van der Waals surface area contributed by atoms with Gasteiger partial charge >= 0.3 is 0 Å². The van der Waals surface area contributed by atoms with Gasteiger partial charge in [-0.1, -0.05) is 45.8 Å². The number of amides is 1. The first-order chi connectivity index (χ1) is 18.4. The molecule has 8 unspecified atom stereocenters. The quantitative estimate of drug-likeness (QED) is 0.402. The van der Waals surface area contributed by atoms with Crippen molar-refractivity contribution in [3.63, 3.8) is 0 Å². The van der Waals surface area contributed by atoms with Crippen molar-refractivity contribution in [2.45, 2.75) is 77.8 Å². The molecule has 0 aromatic carbocycles. The van der Waals surface area contributed by atoms with E-state index in [1.54, 1.807) is 26.2 Å². The van der Waals surface area contributed by atoms with Crippen LogP contribution in [-0.2, 0) is 28.6 Å². The van der Waals surface area contributed by atoms with Crippen molar-refractivity contribution in [1.82, 2.24) is 10.2 Å². The molecule has 9 heteroatoms. The van der Waals surface area contributed by atoms with Gasteiger partial charge in [0.1, 0.15) is 13.3 Å². The van der Waals surface area contributed by atoms with Crippen molar-refractivity contribution in [2.75, 3.05) is 40.6 Å². The van der Waals surface area contributed by atoms with E-state index in [0.29, 0.717) is 12.8 Å². The molecular formula is C30H46N2O7. The third kappa shape index (κ3) is 5.17. The van der Waals surface area contributed by atoms with Gasteiger partial charge in [-0.15, -0.1) is 0 Å². The molecule has 1 amide bonds. The molecule has 2 saturated carbocycles. The van der Waals surface area contributed by atoms with Crippen molar-refractivity contribution in [3.8, 4) is 0 Å². The summed E-state index contributed by atoms with van der Waals surface area (Å²) in [5, 5.41) is 14.6. The number of aliphatic hydroxyl groups is 1. The van der Waals surface area contributed by atoms with Gasteiger partial charge in [0.25, 0.3) is 0 Å². The molecule has 1 saturated heterocycles. The fourth-order valence-electron chi connectivity index (χ4n) is 7.74. The summed E-state index contributed by atoms with van der Waals surface area (Å²) in [5.41, 5.74) is -1.29. The zero-order valence-electron chi connectivity index (χ0n) is 24.3. The second kappa shape index (κ2) is 11.5. The number of rotatable bonds is 10. The summed E-state index contributed by atoms with van der Waals surface area (Å²) in [7, 11) is 3.33. The molecule has 0 radical (unpaired) electrons. The molecule has 2 N–H and O–H groups in total. The maximum absolute atomic E-state index is 14.1. The number of nitrogens with zero attached hydrogens (tertiary/aromatic N) is 1. The minimum absolute atomic E-state index is 0.00503. The van der Waals surface area contributed by atoms with Crippen LogP contribution >= 0.6 is 0 Å². The van der Waals surface area contributed by atoms with Gasteiger partial charge in [0.15, 0.2) is 23.5 Å². The number of hydrogen-bond acceptors (Lipinski definition) is 8. The fraction of sp³-hybridized carbons (Fsp3) is 0.767. The van der Waals surface area contributed by atoms with E-state index in [2.05, 4.69) is 26.1 Å². The zero-order chi connectivity index (χ0) is 28.6. The minimum atomic E-state index is -1.28. The molecule has 1 aliphatic heterocycles. The lowest BCUT2D eigenvalue weighted by Crippen LogP contribution is -2.66. The number of nitrogens with one attached hydrogen (secondary N) is 1. The molecule has 39 heavy (non-hydrogen) atoms. The highest BCUT2D eigenvalue weighted by Gasteiger charge is 2.67. The molecule has 9 nitrogen and oxygen atoms in total. The monoisotopic (exact) mass is 546 g/mol. The van der Waals surface area contributed by atoms with Crippen molar-refractivity contribution in [3.05, 3.63) is 23.8 Å². The number of ketones is 2. The highest BCUT2D eigenvalue weighted by molar-refractivity contribution is 6.01. The van der Waals surface area contributed by atoms with Gasteiger partial charge in [0.2, 0.25) is 5.91 Å². The normalized spacial score (nSPS) is 39.6. The van der Waals surface area contributed by atoms with Gasteiger partial charge in [0, 0.05) is 23.8 Å². The first-order valence-corrected chi connectivity index (χ1v) is 14.3. The number of ether oxygens (including phenoxy) is 3. The van der Waals surface area contributed by atoms with Crippen LogP contribution in [0.3, 0.4) is 0 Å². The largest absolute Gasteiger partial charge is 0.393 e. The highest BCUT2D eigenvalue weighted by Crippen LogP contribution is 2.63. The summed E-state index contributed by atoms with van der Waals surface area (Å²) in [4.78, 5) is 39.7. The Kier molecular flexibility index (Phi) is 8.88. The Morgan fingerprint density at radius 2 is 2.05 bits per heavy atom. The SMILES string of the molecule is CCCC1OCC(C(=O)COCN(C)C(=O)CNC)(C2(C)CC(O)C3C(CCC4=CC(=O)C=CC43C)C2C)O1.